The molecule has 0 aromatic heterocycles. The number of nitro groups is 2. The van der Waals surface area contributed by atoms with Crippen LogP contribution in [-0.2, 0) is 9.53 Å². The predicted molar refractivity (Wildman–Crippen MR) is 71.7 cm³/mol. The highest BCUT2D eigenvalue weighted by Gasteiger charge is 2.20. The molecule has 0 saturated heterocycles. The first kappa shape index (κ1) is 15.9. The van der Waals surface area contributed by atoms with Crippen LogP contribution in [0.1, 0.15) is 13.8 Å². The average molecular weight is 300 g/mol. The fraction of sp³-hybridized carbons (Fsp3) is 0.364. The van der Waals surface area contributed by atoms with E-state index in [1.165, 1.54) is 6.07 Å². The van der Waals surface area contributed by atoms with Gasteiger partial charge >= 0.3 is 5.97 Å². The van der Waals surface area contributed by atoms with E-state index in [4.69, 9.17) is 4.74 Å². The Balaban J connectivity index is 2.87. The van der Waals surface area contributed by atoms with Gasteiger partial charge in [-0.2, -0.15) is 0 Å². The van der Waals surface area contributed by atoms with Gasteiger partial charge < -0.3 is 4.74 Å². The number of nitrogens with zero attached hydrogens (tertiary/aromatic N) is 2. The number of carbonyl (C=O) groups is 1. The second kappa shape index (κ2) is 6.85. The van der Waals surface area contributed by atoms with Gasteiger partial charge in [-0.3, -0.25) is 25.0 Å². The zero-order chi connectivity index (χ0) is 15.3. The molecule has 0 N–H and O–H groups in total. The van der Waals surface area contributed by atoms with Crippen molar-refractivity contribution in [2.24, 2.45) is 0 Å². The fourth-order valence-corrected chi connectivity index (χ4v) is 2.10. The van der Waals surface area contributed by atoms with Crippen LogP contribution in [0.4, 0.5) is 11.4 Å². The summed E-state index contributed by atoms with van der Waals surface area (Å²) in [6.45, 7) is 3.38. The van der Waals surface area contributed by atoms with Gasteiger partial charge in [0.05, 0.1) is 32.7 Å². The van der Waals surface area contributed by atoms with Crippen LogP contribution < -0.4 is 0 Å². The number of carbonyl (C=O) groups excluding carboxylic acids is 1. The van der Waals surface area contributed by atoms with E-state index in [1.807, 2.05) is 0 Å². The predicted octanol–water partition coefficient (Wildman–Crippen LogP) is 2.55. The van der Waals surface area contributed by atoms with Gasteiger partial charge in [0.1, 0.15) is 0 Å². The highest BCUT2D eigenvalue weighted by atomic mass is 32.2. The van der Waals surface area contributed by atoms with Crippen molar-refractivity contribution in [2.75, 3.05) is 5.75 Å². The summed E-state index contributed by atoms with van der Waals surface area (Å²) < 4.78 is 4.90. The molecule has 108 valence electrons. The van der Waals surface area contributed by atoms with Crippen molar-refractivity contribution >= 4 is 29.1 Å². The molecule has 0 amide bonds. The van der Waals surface area contributed by atoms with Crippen LogP contribution in [0.25, 0.3) is 0 Å². The van der Waals surface area contributed by atoms with Crippen molar-refractivity contribution in [3.8, 4) is 0 Å². The van der Waals surface area contributed by atoms with Crippen LogP contribution in [0.2, 0.25) is 0 Å². The van der Waals surface area contributed by atoms with Crippen LogP contribution >= 0.6 is 11.8 Å². The lowest BCUT2D eigenvalue weighted by atomic mass is 10.3. The Morgan fingerprint density at radius 3 is 2.45 bits per heavy atom. The molecule has 0 saturated carbocycles. The molecule has 0 atom stereocenters. The maximum atomic E-state index is 11.4. The molecule has 8 nitrogen and oxygen atoms in total. The fourth-order valence-electron chi connectivity index (χ4n) is 1.32. The lowest BCUT2D eigenvalue weighted by Crippen LogP contribution is -2.13. The molecule has 9 heteroatoms. The standard InChI is InChI=1S/C11H12N2O6S/c1-7(2)19-11(14)6-20-10-4-3-8(12(15)16)5-9(10)13(17)18/h3-5,7H,6H2,1-2H3. The molecule has 1 aromatic rings. The van der Waals surface area contributed by atoms with Gasteiger partial charge in [-0.1, -0.05) is 0 Å². The van der Waals surface area contributed by atoms with Crippen LogP contribution in [0.3, 0.4) is 0 Å². The van der Waals surface area contributed by atoms with E-state index >= 15 is 0 Å². The second-order valence-electron chi connectivity index (χ2n) is 3.99. The molecule has 1 aromatic carbocycles. The van der Waals surface area contributed by atoms with Crippen molar-refractivity contribution in [1.82, 2.24) is 0 Å². The summed E-state index contributed by atoms with van der Waals surface area (Å²) in [5.41, 5.74) is -0.771. The first-order valence-electron chi connectivity index (χ1n) is 5.56. The van der Waals surface area contributed by atoms with Gasteiger partial charge in [0.2, 0.25) is 0 Å². The summed E-state index contributed by atoms with van der Waals surface area (Å²) in [5.74, 6) is -0.603. The average Bonchev–Trinajstić information content (AvgIpc) is 2.35. The minimum absolute atomic E-state index is 0.100. The van der Waals surface area contributed by atoms with Crippen LogP contribution in [-0.4, -0.2) is 27.7 Å². The Labute approximate surface area is 118 Å². The number of benzene rings is 1. The van der Waals surface area contributed by atoms with Gasteiger partial charge in [-0.05, 0) is 19.9 Å². The minimum Gasteiger partial charge on any atom is -0.462 e. The van der Waals surface area contributed by atoms with E-state index in [0.717, 1.165) is 23.9 Å². The topological polar surface area (TPSA) is 113 Å². The van der Waals surface area contributed by atoms with E-state index < -0.39 is 21.5 Å². The van der Waals surface area contributed by atoms with Crippen LogP contribution in [0.5, 0.6) is 0 Å². The molecule has 0 fully saturated rings. The van der Waals surface area contributed by atoms with E-state index in [9.17, 15) is 25.0 Å². The number of ether oxygens (including phenoxy) is 1. The summed E-state index contributed by atoms with van der Waals surface area (Å²) >= 11 is 0.907. The van der Waals surface area contributed by atoms with E-state index in [1.54, 1.807) is 13.8 Å². The van der Waals surface area contributed by atoms with Gasteiger partial charge in [-0.25, -0.2) is 0 Å². The normalized spacial score (nSPS) is 10.3. The maximum absolute atomic E-state index is 11.4. The SMILES string of the molecule is CC(C)OC(=O)CSc1ccc([N+](=O)[O-])cc1[N+](=O)[O-]. The third-order valence-corrected chi connectivity index (χ3v) is 3.10. The maximum Gasteiger partial charge on any atom is 0.316 e. The number of rotatable bonds is 6. The van der Waals surface area contributed by atoms with Crippen LogP contribution in [0, 0.1) is 20.2 Å². The molecule has 0 unspecified atom stereocenters. The van der Waals surface area contributed by atoms with Crippen molar-refractivity contribution in [3.05, 3.63) is 38.4 Å². The lowest BCUT2D eigenvalue weighted by Gasteiger charge is -2.07. The number of nitro benzene ring substituents is 2. The van der Waals surface area contributed by atoms with Gasteiger partial charge in [-0.15, -0.1) is 11.8 Å². The lowest BCUT2D eigenvalue weighted by molar-refractivity contribution is -0.396. The summed E-state index contributed by atoms with van der Waals surface area (Å²) in [4.78, 5) is 31.6. The van der Waals surface area contributed by atoms with Gasteiger partial charge in [0.15, 0.2) is 0 Å². The Hall–Kier alpha value is -2.16. The van der Waals surface area contributed by atoms with Crippen LogP contribution in [0.15, 0.2) is 23.1 Å². The highest BCUT2D eigenvalue weighted by Crippen LogP contribution is 2.32. The van der Waals surface area contributed by atoms with Crippen molar-refractivity contribution in [3.63, 3.8) is 0 Å². The first-order chi connectivity index (χ1) is 9.31. The number of non-ortho nitro benzene ring substituents is 1. The molecule has 0 spiro atoms. The summed E-state index contributed by atoms with van der Waals surface area (Å²) in [5, 5.41) is 21.4. The molecule has 0 aliphatic heterocycles. The Bertz CT molecular complexity index is 546. The van der Waals surface area contributed by atoms with Gasteiger partial charge in [0, 0.05) is 6.07 Å². The molecule has 0 aliphatic carbocycles. The smallest absolute Gasteiger partial charge is 0.316 e. The van der Waals surface area contributed by atoms with Crippen molar-refractivity contribution < 1.29 is 19.4 Å². The molecule has 0 radical (unpaired) electrons. The van der Waals surface area contributed by atoms with Gasteiger partial charge in [0.25, 0.3) is 11.4 Å². The molecule has 0 aliphatic rings. The quantitative estimate of drug-likeness (QED) is 0.343. The summed E-state index contributed by atoms with van der Waals surface area (Å²) in [7, 11) is 0. The zero-order valence-corrected chi connectivity index (χ0v) is 11.6. The molecule has 1 rings (SSSR count). The molecular weight excluding hydrogens is 288 g/mol. The first-order valence-corrected chi connectivity index (χ1v) is 6.55. The van der Waals surface area contributed by atoms with E-state index in [2.05, 4.69) is 0 Å². The van der Waals surface area contributed by atoms with E-state index in [0.29, 0.717) is 0 Å². The third kappa shape index (κ3) is 4.50. The second-order valence-corrected chi connectivity index (χ2v) is 5.01. The number of esters is 1. The van der Waals surface area contributed by atoms with E-state index in [-0.39, 0.29) is 22.4 Å². The monoisotopic (exact) mass is 300 g/mol. The number of thioether (sulfide) groups is 1. The Kier molecular flexibility index (Phi) is 5.44. The number of hydrogen-bond acceptors (Lipinski definition) is 7. The third-order valence-electron chi connectivity index (χ3n) is 2.06. The van der Waals surface area contributed by atoms with Crippen molar-refractivity contribution in [1.29, 1.82) is 0 Å². The largest absolute Gasteiger partial charge is 0.462 e. The zero-order valence-electron chi connectivity index (χ0n) is 10.8. The molecule has 20 heavy (non-hydrogen) atoms. The highest BCUT2D eigenvalue weighted by molar-refractivity contribution is 8.00. The summed E-state index contributed by atoms with van der Waals surface area (Å²) in [6, 6.07) is 3.28. The minimum atomic E-state index is -0.719. The Morgan fingerprint density at radius 2 is 1.95 bits per heavy atom. The van der Waals surface area contributed by atoms with Crippen molar-refractivity contribution in [2.45, 2.75) is 24.8 Å². The molecule has 0 bridgehead atoms. The Morgan fingerprint density at radius 1 is 1.30 bits per heavy atom. The number of hydrogen-bond donors (Lipinski definition) is 0. The molecular formula is C11H12N2O6S. The molecule has 0 heterocycles. The summed E-state index contributed by atoms with van der Waals surface area (Å²) in [6.07, 6.45) is -0.269.